The first-order chi connectivity index (χ1) is 5.86. The Labute approximate surface area is 113 Å². The minimum atomic E-state index is 0. The molecule has 0 saturated heterocycles. The fourth-order valence-electron chi connectivity index (χ4n) is 0.972. The van der Waals surface area contributed by atoms with Gasteiger partial charge in [-0.05, 0) is 18.6 Å². The van der Waals surface area contributed by atoms with Gasteiger partial charge in [0.05, 0.1) is 6.61 Å². The summed E-state index contributed by atoms with van der Waals surface area (Å²) in [5.74, 6) is 0.953. The van der Waals surface area contributed by atoms with Crippen LogP contribution in [0, 0.1) is 6.92 Å². The third-order valence-corrected chi connectivity index (χ3v) is 1.68. The molecule has 0 fully saturated rings. The van der Waals surface area contributed by atoms with E-state index in [1.165, 1.54) is 5.56 Å². The van der Waals surface area contributed by atoms with Crippen LogP contribution in [0.4, 0.5) is 0 Å². The molecule has 0 amide bonds. The average molecular weight is 267 g/mol. The van der Waals surface area contributed by atoms with E-state index >= 15 is 0 Å². The number of hydrogen-bond donors (Lipinski definition) is 0. The topological polar surface area (TPSA) is 9.23 Å². The summed E-state index contributed by atoms with van der Waals surface area (Å²) in [6.07, 6.45) is 1.89. The molecule has 0 aliphatic carbocycles. The molecule has 0 N–H and O–H groups in total. The summed E-state index contributed by atoms with van der Waals surface area (Å²) in [6.45, 7) is 6.70. The number of halogens is 1. The Morgan fingerprint density at radius 1 is 1.21 bits per heavy atom. The first kappa shape index (κ1) is 16.7. The molecule has 1 rings (SSSR count). The Morgan fingerprint density at radius 3 is 2.21 bits per heavy atom. The first-order valence-corrected chi connectivity index (χ1v) is 4.37. The van der Waals surface area contributed by atoms with E-state index in [9.17, 15) is 0 Å². The summed E-state index contributed by atoms with van der Waals surface area (Å²) in [4.78, 5) is 0. The molecule has 0 unspecified atom stereocenters. The van der Waals surface area contributed by atoms with Gasteiger partial charge in [-0.1, -0.05) is 24.6 Å². The van der Waals surface area contributed by atoms with Crippen LogP contribution in [0.25, 0.3) is 0 Å². The summed E-state index contributed by atoms with van der Waals surface area (Å²) in [5.41, 5.74) is 1.25. The second-order valence-corrected chi connectivity index (χ2v) is 2.74. The van der Waals surface area contributed by atoms with Crippen molar-refractivity contribution in [3.8, 4) is 5.75 Å². The first-order valence-electron chi connectivity index (χ1n) is 4.37. The molecule has 1 nitrogen and oxygen atoms in total. The van der Waals surface area contributed by atoms with E-state index in [4.69, 9.17) is 4.74 Å². The minimum Gasteiger partial charge on any atom is -1.00 e. The van der Waals surface area contributed by atoms with Crippen LogP contribution in [0.2, 0.25) is 0 Å². The van der Waals surface area contributed by atoms with Gasteiger partial charge in [-0.15, -0.1) is 0 Å². The monoisotopic (exact) mass is 266 g/mol. The van der Waals surface area contributed by atoms with Crippen molar-refractivity contribution >= 4 is 23.1 Å². The van der Waals surface area contributed by atoms with E-state index in [1.807, 2.05) is 12.1 Å². The predicted octanol–water partition coefficient (Wildman–Crippen LogP) is -0.525. The third-order valence-electron chi connectivity index (χ3n) is 1.68. The zero-order chi connectivity index (χ0) is 8.81. The maximum Gasteiger partial charge on any atom is 2.00 e. The molecule has 0 saturated carbocycles. The van der Waals surface area contributed by atoms with Crippen molar-refractivity contribution < 1.29 is 21.7 Å². The standard InChI is InChI=1S/C11H15O.BrH.Mg/c1-3-9-12-11-7-5-10(4-2)6-8-11;;/h5-8H,2-4,9H2,1H3;1H;/q-1;;+2/p-1. The van der Waals surface area contributed by atoms with Crippen LogP contribution in [0.5, 0.6) is 5.75 Å². The average Bonchev–Trinajstić information content (AvgIpc) is 2.15. The van der Waals surface area contributed by atoms with Crippen LogP contribution in [0.1, 0.15) is 18.9 Å². The molecule has 74 valence electrons. The van der Waals surface area contributed by atoms with E-state index in [0.29, 0.717) is 0 Å². The Hall–Kier alpha value is 0.266. The van der Waals surface area contributed by atoms with Gasteiger partial charge in [0.2, 0.25) is 0 Å². The molecular formula is C11H15BrMgO. The maximum atomic E-state index is 5.43. The molecule has 14 heavy (non-hydrogen) atoms. The summed E-state index contributed by atoms with van der Waals surface area (Å²) < 4.78 is 5.43. The molecule has 1 aromatic rings. The van der Waals surface area contributed by atoms with Gasteiger partial charge >= 0.3 is 23.1 Å². The van der Waals surface area contributed by atoms with Crippen LogP contribution < -0.4 is 21.7 Å². The number of ether oxygens (including phenoxy) is 1. The molecule has 0 aromatic heterocycles. The summed E-state index contributed by atoms with van der Waals surface area (Å²) in [7, 11) is 0. The number of rotatable bonds is 4. The molecule has 0 heterocycles. The zero-order valence-electron chi connectivity index (χ0n) is 8.63. The third kappa shape index (κ3) is 5.88. The van der Waals surface area contributed by atoms with E-state index in [1.54, 1.807) is 0 Å². The van der Waals surface area contributed by atoms with E-state index in [2.05, 4.69) is 26.0 Å². The van der Waals surface area contributed by atoms with Gasteiger partial charge in [-0.25, -0.2) is 0 Å². The Balaban J connectivity index is 0. The van der Waals surface area contributed by atoms with Crippen LogP contribution >= 0.6 is 0 Å². The quantitative estimate of drug-likeness (QED) is 0.527. The summed E-state index contributed by atoms with van der Waals surface area (Å²) >= 11 is 0. The SMILES string of the molecule is [Br-].[CH2-]Cc1ccc(OCCC)cc1.[Mg+2]. The van der Waals surface area contributed by atoms with Gasteiger partial charge in [0, 0.05) is 0 Å². The Kier molecular flexibility index (Phi) is 11.7. The minimum absolute atomic E-state index is 0. The predicted molar refractivity (Wildman–Crippen MR) is 57.0 cm³/mol. The van der Waals surface area contributed by atoms with Gasteiger partial charge < -0.3 is 28.6 Å². The molecule has 1 aromatic carbocycles. The van der Waals surface area contributed by atoms with Crippen molar-refractivity contribution in [1.82, 2.24) is 0 Å². The second-order valence-electron chi connectivity index (χ2n) is 2.74. The van der Waals surface area contributed by atoms with Gasteiger partial charge in [0.25, 0.3) is 0 Å². The van der Waals surface area contributed by atoms with Crippen LogP contribution in [0.3, 0.4) is 0 Å². The summed E-state index contributed by atoms with van der Waals surface area (Å²) in [5, 5.41) is 0. The fourth-order valence-corrected chi connectivity index (χ4v) is 0.972. The van der Waals surface area contributed by atoms with Crippen molar-refractivity contribution in [2.45, 2.75) is 19.8 Å². The molecule has 0 aliphatic heterocycles. The zero-order valence-corrected chi connectivity index (χ0v) is 11.6. The molecule has 0 radical (unpaired) electrons. The van der Waals surface area contributed by atoms with E-state index in [0.717, 1.165) is 25.2 Å². The molecule has 0 aliphatic rings. The molecular weight excluding hydrogens is 252 g/mol. The van der Waals surface area contributed by atoms with Crippen molar-refractivity contribution in [1.29, 1.82) is 0 Å². The molecule has 0 bridgehead atoms. The van der Waals surface area contributed by atoms with Gasteiger partial charge in [-0.3, -0.25) is 0 Å². The van der Waals surface area contributed by atoms with Crippen molar-refractivity contribution in [2.75, 3.05) is 6.61 Å². The maximum absolute atomic E-state index is 5.43. The van der Waals surface area contributed by atoms with Gasteiger partial charge in [0.15, 0.2) is 0 Å². The van der Waals surface area contributed by atoms with E-state index in [-0.39, 0.29) is 40.0 Å². The Bertz CT molecular complexity index is 223. The molecule has 0 spiro atoms. The van der Waals surface area contributed by atoms with Crippen molar-refractivity contribution in [3.63, 3.8) is 0 Å². The largest absolute Gasteiger partial charge is 2.00 e. The smallest absolute Gasteiger partial charge is 1.00 e. The van der Waals surface area contributed by atoms with Gasteiger partial charge in [-0.2, -0.15) is 6.42 Å². The Morgan fingerprint density at radius 2 is 1.79 bits per heavy atom. The van der Waals surface area contributed by atoms with Crippen molar-refractivity contribution in [2.24, 2.45) is 0 Å². The normalized spacial score (nSPS) is 8.43. The number of benzene rings is 1. The van der Waals surface area contributed by atoms with Crippen LogP contribution in [0.15, 0.2) is 24.3 Å². The van der Waals surface area contributed by atoms with Gasteiger partial charge in [0.1, 0.15) is 5.75 Å². The van der Waals surface area contributed by atoms with Crippen molar-refractivity contribution in [3.05, 3.63) is 36.8 Å². The molecule has 0 atom stereocenters. The fraction of sp³-hybridized carbons (Fsp3) is 0.364. The second kappa shape index (κ2) is 9.81. The molecule has 3 heteroatoms. The van der Waals surface area contributed by atoms with Crippen LogP contribution in [-0.4, -0.2) is 29.7 Å². The van der Waals surface area contributed by atoms with E-state index < -0.39 is 0 Å². The van der Waals surface area contributed by atoms with Crippen LogP contribution in [-0.2, 0) is 6.42 Å². The number of hydrogen-bond acceptors (Lipinski definition) is 1. The summed E-state index contributed by atoms with van der Waals surface area (Å²) in [6, 6.07) is 8.10.